The Hall–Kier alpha value is -2.31. The van der Waals surface area contributed by atoms with Crippen LogP contribution in [0.1, 0.15) is 33.4 Å². The predicted octanol–water partition coefficient (Wildman–Crippen LogP) is 4.44. The van der Waals surface area contributed by atoms with E-state index < -0.39 is 0 Å². The quantitative estimate of drug-likeness (QED) is 0.650. The average Bonchev–Trinajstić information content (AvgIpc) is 3.26. The van der Waals surface area contributed by atoms with E-state index in [2.05, 4.69) is 10.4 Å². The molecule has 0 atom stereocenters. The zero-order valence-corrected chi connectivity index (χ0v) is 16.2. The number of amides is 1. The monoisotopic (exact) mass is 389 g/mol. The second-order valence-electron chi connectivity index (χ2n) is 5.86. The van der Waals surface area contributed by atoms with Crippen LogP contribution in [0.4, 0.5) is 0 Å². The van der Waals surface area contributed by atoms with Gasteiger partial charge in [-0.2, -0.15) is 5.10 Å². The normalized spacial score (nSPS) is 10.7. The Morgan fingerprint density at radius 1 is 1.35 bits per heavy atom. The Kier molecular flexibility index (Phi) is 5.96. The van der Waals surface area contributed by atoms with Crippen LogP contribution in [0.5, 0.6) is 5.75 Å². The lowest BCUT2D eigenvalue weighted by Gasteiger charge is -2.07. The summed E-state index contributed by atoms with van der Waals surface area (Å²) < 4.78 is 7.53. The Bertz CT molecular complexity index is 887. The number of benzene rings is 1. The SMILES string of the molecule is CCn1ncc(Cl)c1CNC(=O)c1cc(COc2ccc(C)cc2)cs1. The molecule has 0 unspecified atom stereocenters. The van der Waals surface area contributed by atoms with Gasteiger partial charge in [0.05, 0.1) is 28.3 Å². The van der Waals surface area contributed by atoms with Crippen molar-refractivity contribution in [2.45, 2.75) is 33.5 Å². The fourth-order valence-electron chi connectivity index (χ4n) is 2.46. The van der Waals surface area contributed by atoms with E-state index in [0.29, 0.717) is 29.6 Å². The van der Waals surface area contributed by atoms with Gasteiger partial charge in [0, 0.05) is 12.1 Å². The zero-order valence-electron chi connectivity index (χ0n) is 14.7. The molecule has 136 valence electrons. The molecule has 5 nitrogen and oxygen atoms in total. The molecule has 3 rings (SSSR count). The van der Waals surface area contributed by atoms with E-state index in [4.69, 9.17) is 16.3 Å². The minimum absolute atomic E-state index is 0.128. The van der Waals surface area contributed by atoms with Crippen molar-refractivity contribution in [1.29, 1.82) is 0 Å². The van der Waals surface area contributed by atoms with E-state index in [1.165, 1.54) is 16.9 Å². The summed E-state index contributed by atoms with van der Waals surface area (Å²) in [5.41, 5.74) is 2.97. The van der Waals surface area contributed by atoms with Crippen LogP contribution in [0.15, 0.2) is 41.9 Å². The van der Waals surface area contributed by atoms with Gasteiger partial charge < -0.3 is 10.1 Å². The number of aryl methyl sites for hydroxylation is 2. The Balaban J connectivity index is 1.55. The van der Waals surface area contributed by atoms with E-state index in [-0.39, 0.29) is 5.91 Å². The van der Waals surface area contributed by atoms with E-state index in [1.807, 2.05) is 49.6 Å². The maximum atomic E-state index is 12.4. The number of thiophene rings is 1. The minimum Gasteiger partial charge on any atom is -0.489 e. The molecule has 1 aromatic carbocycles. The Morgan fingerprint density at radius 2 is 2.12 bits per heavy atom. The number of nitrogens with zero attached hydrogens (tertiary/aromatic N) is 2. The largest absolute Gasteiger partial charge is 0.489 e. The summed E-state index contributed by atoms with van der Waals surface area (Å²) in [6.07, 6.45) is 1.60. The summed E-state index contributed by atoms with van der Waals surface area (Å²) in [7, 11) is 0. The number of rotatable bonds is 7. The molecule has 0 aliphatic carbocycles. The minimum atomic E-state index is -0.128. The molecule has 7 heteroatoms. The number of ether oxygens (including phenoxy) is 1. The molecule has 3 aromatic rings. The summed E-state index contributed by atoms with van der Waals surface area (Å²) in [5.74, 6) is 0.687. The van der Waals surface area contributed by atoms with Gasteiger partial charge in [-0.05, 0) is 37.4 Å². The first-order chi connectivity index (χ1) is 12.6. The maximum absolute atomic E-state index is 12.4. The molecule has 0 aliphatic rings. The molecule has 0 saturated heterocycles. The Labute approximate surface area is 161 Å². The first-order valence-corrected chi connectivity index (χ1v) is 9.58. The van der Waals surface area contributed by atoms with Gasteiger partial charge in [-0.15, -0.1) is 11.3 Å². The molecule has 0 aliphatic heterocycles. The van der Waals surface area contributed by atoms with Crippen molar-refractivity contribution in [3.8, 4) is 5.75 Å². The third-order valence-electron chi connectivity index (χ3n) is 3.92. The summed E-state index contributed by atoms with van der Waals surface area (Å²) in [4.78, 5) is 13.0. The van der Waals surface area contributed by atoms with Crippen LogP contribution in [0, 0.1) is 6.92 Å². The van der Waals surface area contributed by atoms with Crippen molar-refractivity contribution in [1.82, 2.24) is 15.1 Å². The number of carbonyl (C=O) groups is 1. The third-order valence-corrected chi connectivity index (χ3v) is 5.21. The average molecular weight is 390 g/mol. The van der Waals surface area contributed by atoms with Crippen molar-refractivity contribution in [2.75, 3.05) is 0 Å². The highest BCUT2D eigenvalue weighted by atomic mass is 35.5. The van der Waals surface area contributed by atoms with E-state index in [1.54, 1.807) is 10.9 Å². The van der Waals surface area contributed by atoms with Crippen LogP contribution < -0.4 is 10.1 Å². The van der Waals surface area contributed by atoms with Crippen molar-refractivity contribution in [2.24, 2.45) is 0 Å². The van der Waals surface area contributed by atoms with Crippen LogP contribution in [0.2, 0.25) is 5.02 Å². The first kappa shape index (κ1) is 18.5. The van der Waals surface area contributed by atoms with Crippen LogP contribution in [0.3, 0.4) is 0 Å². The smallest absolute Gasteiger partial charge is 0.261 e. The van der Waals surface area contributed by atoms with Gasteiger partial charge in [0.25, 0.3) is 5.91 Å². The van der Waals surface area contributed by atoms with Crippen molar-refractivity contribution in [3.05, 3.63) is 68.6 Å². The highest BCUT2D eigenvalue weighted by Gasteiger charge is 2.13. The second kappa shape index (κ2) is 8.38. The summed E-state index contributed by atoms with van der Waals surface area (Å²) in [6, 6.07) is 9.75. The van der Waals surface area contributed by atoms with Gasteiger partial charge in [-0.1, -0.05) is 29.3 Å². The fraction of sp³-hybridized carbons (Fsp3) is 0.263. The molecule has 26 heavy (non-hydrogen) atoms. The van der Waals surface area contributed by atoms with Crippen molar-refractivity contribution in [3.63, 3.8) is 0 Å². The van der Waals surface area contributed by atoms with E-state index in [0.717, 1.165) is 17.0 Å². The van der Waals surface area contributed by atoms with Gasteiger partial charge in [0.1, 0.15) is 12.4 Å². The number of hydrogen-bond acceptors (Lipinski definition) is 4. The molecular weight excluding hydrogens is 370 g/mol. The van der Waals surface area contributed by atoms with Crippen LogP contribution in [-0.2, 0) is 19.7 Å². The van der Waals surface area contributed by atoms with Gasteiger partial charge in [0.15, 0.2) is 0 Å². The standard InChI is InChI=1S/C19H20ClN3O2S/c1-3-23-17(16(20)9-22-23)10-21-19(24)18-8-14(12-26-18)11-25-15-6-4-13(2)5-7-15/h4-9,12H,3,10-11H2,1-2H3,(H,21,24). The van der Waals surface area contributed by atoms with Crippen LogP contribution in [0.25, 0.3) is 0 Å². The maximum Gasteiger partial charge on any atom is 0.261 e. The summed E-state index contributed by atoms with van der Waals surface area (Å²) in [6.45, 7) is 5.50. The molecule has 2 heterocycles. The predicted molar refractivity (Wildman–Crippen MR) is 104 cm³/mol. The molecule has 0 bridgehead atoms. The molecule has 0 spiro atoms. The second-order valence-corrected chi connectivity index (χ2v) is 7.18. The molecule has 0 saturated carbocycles. The molecular formula is C19H20ClN3O2S. The number of hydrogen-bond donors (Lipinski definition) is 1. The molecule has 1 amide bonds. The van der Waals surface area contributed by atoms with Crippen molar-refractivity contribution < 1.29 is 9.53 Å². The number of halogens is 1. The van der Waals surface area contributed by atoms with Crippen LogP contribution >= 0.6 is 22.9 Å². The van der Waals surface area contributed by atoms with Crippen molar-refractivity contribution >= 4 is 28.8 Å². The third kappa shape index (κ3) is 4.45. The van der Waals surface area contributed by atoms with Crippen LogP contribution in [-0.4, -0.2) is 15.7 Å². The lowest BCUT2D eigenvalue weighted by Crippen LogP contribution is -2.23. The highest BCUT2D eigenvalue weighted by molar-refractivity contribution is 7.12. The topological polar surface area (TPSA) is 56.2 Å². The number of carbonyl (C=O) groups excluding carboxylic acids is 1. The van der Waals surface area contributed by atoms with Gasteiger partial charge in [-0.3, -0.25) is 9.48 Å². The molecule has 1 N–H and O–H groups in total. The number of aromatic nitrogens is 2. The molecule has 0 radical (unpaired) electrons. The van der Waals surface area contributed by atoms with E-state index in [9.17, 15) is 4.79 Å². The highest BCUT2D eigenvalue weighted by Crippen LogP contribution is 2.19. The molecule has 2 aromatic heterocycles. The lowest BCUT2D eigenvalue weighted by atomic mass is 10.2. The summed E-state index contributed by atoms with van der Waals surface area (Å²) in [5, 5.41) is 9.56. The Morgan fingerprint density at radius 3 is 2.85 bits per heavy atom. The van der Waals surface area contributed by atoms with Gasteiger partial charge >= 0.3 is 0 Å². The van der Waals surface area contributed by atoms with Gasteiger partial charge in [0.2, 0.25) is 0 Å². The lowest BCUT2D eigenvalue weighted by molar-refractivity contribution is 0.0954. The number of nitrogens with one attached hydrogen (secondary N) is 1. The fourth-order valence-corrected chi connectivity index (χ4v) is 3.48. The zero-order chi connectivity index (χ0) is 18.5. The molecule has 0 fully saturated rings. The summed E-state index contributed by atoms with van der Waals surface area (Å²) >= 11 is 7.52. The van der Waals surface area contributed by atoms with E-state index >= 15 is 0 Å². The first-order valence-electron chi connectivity index (χ1n) is 8.32. The van der Waals surface area contributed by atoms with Gasteiger partial charge in [-0.25, -0.2) is 0 Å².